The van der Waals surface area contributed by atoms with Crippen LogP contribution in [0, 0.1) is 3.57 Å². The summed E-state index contributed by atoms with van der Waals surface area (Å²) in [5, 5.41) is 3.27. The molecule has 0 saturated carbocycles. The van der Waals surface area contributed by atoms with Gasteiger partial charge in [-0.3, -0.25) is 4.99 Å². The number of nitrogens with one attached hydrogen (secondary N) is 1. The predicted octanol–water partition coefficient (Wildman–Crippen LogP) is 2.72. The molecule has 0 bridgehead atoms. The Hall–Kier alpha value is -2.00. The lowest BCUT2D eigenvalue weighted by Crippen LogP contribution is -2.44. The molecule has 3 heterocycles. The smallest absolute Gasteiger partial charge is 0.148 e. The zero-order chi connectivity index (χ0) is 17.9. The van der Waals surface area contributed by atoms with Crippen LogP contribution in [-0.4, -0.2) is 60.9 Å². The molecule has 0 spiro atoms. The normalized spacial score (nSPS) is 18.8. The molecular weight excluding hydrogens is 439 g/mol. The minimum absolute atomic E-state index is 0.674. The SMILES string of the molecule is CN1CCN(c2cnc(NC=C3CN=Cc4ccc(I)cc43)cn2)CC1. The van der Waals surface area contributed by atoms with E-state index in [9.17, 15) is 0 Å². The second kappa shape index (κ2) is 7.71. The Labute approximate surface area is 167 Å². The summed E-state index contributed by atoms with van der Waals surface area (Å²) in [6.07, 6.45) is 7.58. The number of piperazine rings is 1. The molecule has 0 unspecified atom stereocenters. The van der Waals surface area contributed by atoms with Crippen LogP contribution in [0.4, 0.5) is 11.6 Å². The average Bonchev–Trinajstić information content (AvgIpc) is 2.67. The fourth-order valence-electron chi connectivity index (χ4n) is 3.13. The number of aromatic nitrogens is 2. The number of aliphatic imine (C=N–C) groups is 1. The lowest BCUT2D eigenvalue weighted by atomic mass is 9.99. The van der Waals surface area contributed by atoms with E-state index in [1.165, 1.54) is 9.13 Å². The molecule has 7 heteroatoms. The summed E-state index contributed by atoms with van der Waals surface area (Å²) in [6, 6.07) is 6.40. The quantitative estimate of drug-likeness (QED) is 0.715. The van der Waals surface area contributed by atoms with E-state index in [4.69, 9.17) is 0 Å². The van der Waals surface area contributed by atoms with E-state index < -0.39 is 0 Å². The van der Waals surface area contributed by atoms with Crippen molar-refractivity contribution in [3.05, 3.63) is 51.5 Å². The molecule has 1 N–H and O–H groups in total. The van der Waals surface area contributed by atoms with Crippen molar-refractivity contribution in [2.75, 3.05) is 50.0 Å². The Balaban J connectivity index is 1.46. The number of fused-ring (bicyclic) bond motifs is 1. The van der Waals surface area contributed by atoms with Crippen molar-refractivity contribution in [3.8, 4) is 0 Å². The van der Waals surface area contributed by atoms with Crippen molar-refractivity contribution in [2.24, 2.45) is 4.99 Å². The highest BCUT2D eigenvalue weighted by Gasteiger charge is 2.15. The number of anilines is 2. The van der Waals surface area contributed by atoms with Gasteiger partial charge in [-0.05, 0) is 58.5 Å². The Morgan fingerprint density at radius 2 is 1.96 bits per heavy atom. The number of hydrogen-bond acceptors (Lipinski definition) is 6. The van der Waals surface area contributed by atoms with Crippen LogP contribution in [0.5, 0.6) is 0 Å². The molecule has 2 aliphatic heterocycles. The van der Waals surface area contributed by atoms with Crippen LogP contribution in [0.1, 0.15) is 11.1 Å². The molecule has 1 saturated heterocycles. The second-order valence-electron chi connectivity index (χ2n) is 6.57. The van der Waals surface area contributed by atoms with E-state index in [1.54, 1.807) is 6.20 Å². The highest BCUT2D eigenvalue weighted by molar-refractivity contribution is 14.1. The van der Waals surface area contributed by atoms with E-state index in [1.807, 2.05) is 18.6 Å². The lowest BCUT2D eigenvalue weighted by molar-refractivity contribution is 0.312. The average molecular weight is 460 g/mol. The van der Waals surface area contributed by atoms with Gasteiger partial charge in [-0.15, -0.1) is 0 Å². The van der Waals surface area contributed by atoms with Crippen molar-refractivity contribution in [2.45, 2.75) is 0 Å². The number of halogens is 1. The molecule has 134 valence electrons. The first-order chi connectivity index (χ1) is 12.7. The van der Waals surface area contributed by atoms with Gasteiger partial charge in [-0.2, -0.15) is 0 Å². The summed E-state index contributed by atoms with van der Waals surface area (Å²) in [6.45, 7) is 4.79. The van der Waals surface area contributed by atoms with E-state index >= 15 is 0 Å². The standard InChI is InChI=1S/C19H21IN6/c1-25-4-6-26(7-5-25)19-13-23-18(12-24-19)22-11-15-10-21-9-14-2-3-16(20)8-17(14)15/h2-3,8-9,11-13H,4-7,10H2,1H3,(H,22,23). The van der Waals surface area contributed by atoms with Crippen LogP contribution in [0.3, 0.4) is 0 Å². The van der Waals surface area contributed by atoms with Crippen molar-refractivity contribution >= 4 is 46.0 Å². The van der Waals surface area contributed by atoms with Gasteiger partial charge in [0.15, 0.2) is 0 Å². The zero-order valence-corrected chi connectivity index (χ0v) is 16.8. The van der Waals surface area contributed by atoms with E-state index in [0.29, 0.717) is 6.54 Å². The summed E-state index contributed by atoms with van der Waals surface area (Å²) >= 11 is 2.34. The summed E-state index contributed by atoms with van der Waals surface area (Å²) in [5.74, 6) is 1.69. The summed E-state index contributed by atoms with van der Waals surface area (Å²) in [4.78, 5) is 18.1. The number of benzene rings is 1. The lowest BCUT2D eigenvalue weighted by Gasteiger charge is -2.32. The van der Waals surface area contributed by atoms with Gasteiger partial charge in [-0.25, -0.2) is 9.97 Å². The molecule has 2 aromatic rings. The van der Waals surface area contributed by atoms with Gasteiger partial charge in [0.05, 0.1) is 18.9 Å². The van der Waals surface area contributed by atoms with Crippen molar-refractivity contribution < 1.29 is 0 Å². The first-order valence-corrected chi connectivity index (χ1v) is 9.78. The van der Waals surface area contributed by atoms with E-state index in [0.717, 1.165) is 49.0 Å². The molecule has 2 aliphatic rings. The number of likely N-dealkylation sites (N-methyl/N-ethyl adjacent to an activating group) is 1. The third kappa shape index (κ3) is 3.88. The predicted molar refractivity (Wildman–Crippen MR) is 115 cm³/mol. The maximum atomic E-state index is 4.57. The Morgan fingerprint density at radius 1 is 1.12 bits per heavy atom. The van der Waals surface area contributed by atoms with Gasteiger partial charge in [0.2, 0.25) is 0 Å². The summed E-state index contributed by atoms with van der Waals surface area (Å²) < 4.78 is 1.22. The molecule has 0 radical (unpaired) electrons. The highest BCUT2D eigenvalue weighted by Crippen LogP contribution is 2.24. The van der Waals surface area contributed by atoms with Gasteiger partial charge in [0, 0.05) is 42.2 Å². The highest BCUT2D eigenvalue weighted by atomic mass is 127. The van der Waals surface area contributed by atoms with Gasteiger partial charge in [-0.1, -0.05) is 6.07 Å². The Morgan fingerprint density at radius 3 is 2.73 bits per heavy atom. The van der Waals surface area contributed by atoms with Gasteiger partial charge in [0.1, 0.15) is 11.6 Å². The molecule has 1 aromatic heterocycles. The first-order valence-electron chi connectivity index (χ1n) is 8.70. The van der Waals surface area contributed by atoms with E-state index in [-0.39, 0.29) is 0 Å². The third-order valence-electron chi connectivity index (χ3n) is 4.71. The Bertz CT molecular complexity index is 838. The molecule has 6 nitrogen and oxygen atoms in total. The van der Waals surface area contributed by atoms with Crippen LogP contribution in [-0.2, 0) is 0 Å². The minimum atomic E-state index is 0.674. The maximum Gasteiger partial charge on any atom is 0.148 e. The van der Waals surface area contributed by atoms with Gasteiger partial charge < -0.3 is 15.1 Å². The molecule has 0 aliphatic carbocycles. The van der Waals surface area contributed by atoms with Crippen molar-refractivity contribution in [3.63, 3.8) is 0 Å². The molecule has 1 fully saturated rings. The minimum Gasteiger partial charge on any atom is -0.353 e. The topological polar surface area (TPSA) is 56.6 Å². The largest absolute Gasteiger partial charge is 0.353 e. The van der Waals surface area contributed by atoms with Crippen LogP contribution >= 0.6 is 22.6 Å². The van der Waals surface area contributed by atoms with Crippen LogP contribution in [0.2, 0.25) is 0 Å². The summed E-state index contributed by atoms with van der Waals surface area (Å²) in [7, 11) is 2.15. The second-order valence-corrected chi connectivity index (χ2v) is 7.81. The van der Waals surface area contributed by atoms with Gasteiger partial charge >= 0.3 is 0 Å². The van der Waals surface area contributed by atoms with Crippen LogP contribution in [0.15, 0.2) is 41.8 Å². The number of nitrogens with zero attached hydrogens (tertiary/aromatic N) is 5. The molecule has 1 aromatic carbocycles. The van der Waals surface area contributed by atoms with Crippen LogP contribution in [0.25, 0.3) is 5.57 Å². The van der Waals surface area contributed by atoms with Gasteiger partial charge in [0.25, 0.3) is 0 Å². The monoisotopic (exact) mass is 460 g/mol. The Kier molecular flexibility index (Phi) is 5.16. The molecule has 4 rings (SSSR count). The summed E-state index contributed by atoms with van der Waals surface area (Å²) in [5.41, 5.74) is 3.54. The fraction of sp³-hybridized carbons (Fsp3) is 0.316. The van der Waals surface area contributed by atoms with Crippen molar-refractivity contribution in [1.29, 1.82) is 0 Å². The number of rotatable bonds is 3. The fourth-order valence-corrected chi connectivity index (χ4v) is 3.62. The molecule has 0 atom stereocenters. The maximum absolute atomic E-state index is 4.57. The molecule has 26 heavy (non-hydrogen) atoms. The van der Waals surface area contributed by atoms with Crippen molar-refractivity contribution in [1.82, 2.24) is 14.9 Å². The third-order valence-corrected chi connectivity index (χ3v) is 5.38. The first kappa shape index (κ1) is 17.4. The van der Waals surface area contributed by atoms with Crippen LogP contribution < -0.4 is 10.2 Å². The van der Waals surface area contributed by atoms with E-state index in [2.05, 4.69) is 77.9 Å². The zero-order valence-electron chi connectivity index (χ0n) is 14.7. The molecular formula is C19H21IN6. The molecule has 0 amide bonds. The number of hydrogen-bond donors (Lipinski definition) is 1.